The van der Waals surface area contributed by atoms with E-state index < -0.39 is 23.4 Å². The first kappa shape index (κ1) is 20.9. The van der Waals surface area contributed by atoms with Gasteiger partial charge >= 0.3 is 6.03 Å². The van der Waals surface area contributed by atoms with Crippen molar-refractivity contribution in [2.75, 3.05) is 11.9 Å². The van der Waals surface area contributed by atoms with E-state index in [9.17, 15) is 14.4 Å². The lowest BCUT2D eigenvalue weighted by atomic mass is 9.84. The second-order valence-corrected chi connectivity index (χ2v) is 8.77. The topological polar surface area (TPSA) is 78.5 Å². The van der Waals surface area contributed by atoms with Crippen molar-refractivity contribution in [3.8, 4) is 0 Å². The molecule has 6 nitrogen and oxygen atoms in total. The Balaban J connectivity index is 1.74. The number of rotatable bonds is 4. The van der Waals surface area contributed by atoms with Gasteiger partial charge in [0.25, 0.3) is 5.91 Å². The number of carbonyl (C=O) groups excluding carboxylic acids is 3. The monoisotopic (exact) mass is 413 g/mol. The zero-order valence-corrected chi connectivity index (χ0v) is 17.6. The van der Waals surface area contributed by atoms with Crippen LogP contribution in [0.4, 0.5) is 10.5 Å². The Labute approximate surface area is 175 Å². The molecule has 29 heavy (non-hydrogen) atoms. The number of hydrogen-bond acceptors (Lipinski definition) is 3. The van der Waals surface area contributed by atoms with Gasteiger partial charge in [-0.1, -0.05) is 56.6 Å². The van der Waals surface area contributed by atoms with Crippen molar-refractivity contribution in [1.82, 2.24) is 10.2 Å². The summed E-state index contributed by atoms with van der Waals surface area (Å²) in [6.07, 6.45) is 0. The van der Waals surface area contributed by atoms with Crippen molar-refractivity contribution in [2.45, 2.75) is 38.6 Å². The van der Waals surface area contributed by atoms with E-state index >= 15 is 0 Å². The molecule has 7 heteroatoms. The quantitative estimate of drug-likeness (QED) is 0.742. The maximum Gasteiger partial charge on any atom is 0.325 e. The molecule has 1 aliphatic heterocycles. The number of amides is 4. The minimum Gasteiger partial charge on any atom is -0.325 e. The van der Waals surface area contributed by atoms with Crippen LogP contribution in [0.1, 0.15) is 38.8 Å². The number of imide groups is 1. The minimum atomic E-state index is -1.21. The summed E-state index contributed by atoms with van der Waals surface area (Å²) in [5, 5.41) is 5.92. The zero-order valence-electron chi connectivity index (χ0n) is 16.9. The first-order valence-electron chi connectivity index (χ1n) is 9.31. The van der Waals surface area contributed by atoms with Gasteiger partial charge in [-0.05, 0) is 47.7 Å². The number of nitrogens with zero attached hydrogens (tertiary/aromatic N) is 1. The van der Waals surface area contributed by atoms with Gasteiger partial charge < -0.3 is 10.6 Å². The number of urea groups is 1. The third-order valence-electron chi connectivity index (χ3n) is 5.03. The van der Waals surface area contributed by atoms with Gasteiger partial charge in [-0.25, -0.2) is 4.79 Å². The van der Waals surface area contributed by atoms with Crippen LogP contribution in [0.3, 0.4) is 0 Å². The maximum absolute atomic E-state index is 13.0. The Morgan fingerprint density at radius 3 is 2.21 bits per heavy atom. The second-order valence-electron chi connectivity index (χ2n) is 8.33. The first-order chi connectivity index (χ1) is 13.5. The molecular weight excluding hydrogens is 390 g/mol. The smallest absolute Gasteiger partial charge is 0.325 e. The fraction of sp³-hybridized carbons (Fsp3) is 0.318. The number of hydrogen-bond donors (Lipinski definition) is 2. The summed E-state index contributed by atoms with van der Waals surface area (Å²) in [6, 6.07) is 13.6. The van der Waals surface area contributed by atoms with Crippen LogP contribution in [-0.4, -0.2) is 29.3 Å². The molecule has 0 radical (unpaired) electrons. The molecule has 0 bridgehead atoms. The molecule has 1 unspecified atom stereocenters. The van der Waals surface area contributed by atoms with Gasteiger partial charge in [-0.2, -0.15) is 0 Å². The molecule has 1 atom stereocenters. The Morgan fingerprint density at radius 2 is 1.66 bits per heavy atom. The van der Waals surface area contributed by atoms with Crippen molar-refractivity contribution in [2.24, 2.45) is 0 Å². The fourth-order valence-corrected chi connectivity index (χ4v) is 3.34. The molecule has 2 N–H and O–H groups in total. The lowest BCUT2D eigenvalue weighted by molar-refractivity contribution is -0.133. The van der Waals surface area contributed by atoms with E-state index in [0.717, 1.165) is 10.5 Å². The molecule has 0 aliphatic carbocycles. The fourth-order valence-electron chi connectivity index (χ4n) is 3.22. The highest BCUT2D eigenvalue weighted by Gasteiger charge is 2.49. The number of carbonyl (C=O) groups is 3. The molecule has 0 spiro atoms. The lowest BCUT2D eigenvalue weighted by Gasteiger charge is -2.24. The van der Waals surface area contributed by atoms with Crippen LogP contribution in [-0.2, 0) is 20.5 Å². The van der Waals surface area contributed by atoms with Crippen molar-refractivity contribution in [3.05, 3.63) is 64.7 Å². The molecule has 1 saturated heterocycles. The van der Waals surface area contributed by atoms with Gasteiger partial charge in [-0.15, -0.1) is 0 Å². The molecule has 3 rings (SSSR count). The van der Waals surface area contributed by atoms with Crippen LogP contribution in [0, 0.1) is 0 Å². The minimum absolute atomic E-state index is 0.0197. The molecule has 4 amide bonds. The lowest BCUT2D eigenvalue weighted by Crippen LogP contribution is -2.42. The van der Waals surface area contributed by atoms with Crippen molar-refractivity contribution in [1.29, 1.82) is 0 Å². The van der Waals surface area contributed by atoms with Crippen LogP contribution in [0.25, 0.3) is 0 Å². The molecule has 2 aromatic carbocycles. The molecule has 1 fully saturated rings. The Morgan fingerprint density at radius 1 is 1.07 bits per heavy atom. The SMILES string of the molecule is CC(C)(C)c1ccc(C2(C)NC(=O)N(CC(=O)Nc3ccc(Cl)cc3)C2=O)cc1. The highest BCUT2D eigenvalue weighted by atomic mass is 35.5. The summed E-state index contributed by atoms with van der Waals surface area (Å²) < 4.78 is 0. The van der Waals surface area contributed by atoms with Gasteiger partial charge in [0.15, 0.2) is 0 Å². The van der Waals surface area contributed by atoms with Gasteiger partial charge in [0.2, 0.25) is 5.91 Å². The van der Waals surface area contributed by atoms with Crippen molar-refractivity contribution < 1.29 is 14.4 Å². The first-order valence-corrected chi connectivity index (χ1v) is 9.69. The van der Waals surface area contributed by atoms with E-state index in [1.165, 1.54) is 0 Å². The summed E-state index contributed by atoms with van der Waals surface area (Å²) >= 11 is 5.83. The Bertz CT molecular complexity index is 949. The summed E-state index contributed by atoms with van der Waals surface area (Å²) in [4.78, 5) is 38.7. The van der Waals surface area contributed by atoms with E-state index in [1.807, 2.05) is 24.3 Å². The third kappa shape index (κ3) is 4.27. The van der Waals surface area contributed by atoms with Crippen molar-refractivity contribution >= 4 is 35.1 Å². The van der Waals surface area contributed by atoms with E-state index in [4.69, 9.17) is 11.6 Å². The second kappa shape index (κ2) is 7.52. The number of anilines is 1. The molecule has 0 saturated carbocycles. The Hall–Kier alpha value is -2.86. The summed E-state index contributed by atoms with van der Waals surface area (Å²) in [7, 11) is 0. The van der Waals surface area contributed by atoms with Crippen LogP contribution < -0.4 is 10.6 Å². The van der Waals surface area contributed by atoms with E-state index in [0.29, 0.717) is 16.3 Å². The van der Waals surface area contributed by atoms with Gasteiger partial charge in [0.05, 0.1) is 0 Å². The maximum atomic E-state index is 13.0. The molecule has 2 aromatic rings. The van der Waals surface area contributed by atoms with Crippen LogP contribution in [0.15, 0.2) is 48.5 Å². The van der Waals surface area contributed by atoms with E-state index in [-0.39, 0.29) is 12.0 Å². The highest BCUT2D eigenvalue weighted by molar-refractivity contribution is 6.30. The third-order valence-corrected chi connectivity index (χ3v) is 5.28. The predicted octanol–water partition coefficient (Wildman–Crippen LogP) is 4.04. The number of halogens is 1. The van der Waals surface area contributed by atoms with Gasteiger partial charge in [0, 0.05) is 10.7 Å². The molecule has 0 aromatic heterocycles. The van der Waals surface area contributed by atoms with E-state index in [2.05, 4.69) is 31.4 Å². The summed E-state index contributed by atoms with van der Waals surface area (Å²) in [6.45, 7) is 7.59. The van der Waals surface area contributed by atoms with Crippen molar-refractivity contribution in [3.63, 3.8) is 0 Å². The van der Waals surface area contributed by atoms with Crippen LogP contribution in [0.2, 0.25) is 5.02 Å². The summed E-state index contributed by atoms with van der Waals surface area (Å²) in [5.74, 6) is -0.930. The normalized spacial score (nSPS) is 19.3. The predicted molar refractivity (Wildman–Crippen MR) is 113 cm³/mol. The van der Waals surface area contributed by atoms with Gasteiger partial charge in [-0.3, -0.25) is 14.5 Å². The number of benzene rings is 2. The number of nitrogens with one attached hydrogen (secondary N) is 2. The van der Waals surface area contributed by atoms with Crippen LogP contribution in [0.5, 0.6) is 0 Å². The molecule has 1 aliphatic rings. The largest absolute Gasteiger partial charge is 0.325 e. The highest BCUT2D eigenvalue weighted by Crippen LogP contribution is 2.31. The molecular formula is C22H24ClN3O3. The standard InChI is InChI=1S/C22H24ClN3O3/c1-21(2,3)14-5-7-15(8-6-14)22(4)19(28)26(20(29)25-22)13-18(27)24-17-11-9-16(23)10-12-17/h5-12H,13H2,1-4H3,(H,24,27)(H,25,29). The Kier molecular flexibility index (Phi) is 5.41. The van der Waals surface area contributed by atoms with E-state index in [1.54, 1.807) is 31.2 Å². The molecule has 1 heterocycles. The average molecular weight is 414 g/mol. The van der Waals surface area contributed by atoms with Gasteiger partial charge in [0.1, 0.15) is 12.1 Å². The summed E-state index contributed by atoms with van der Waals surface area (Å²) in [5.41, 5.74) is 1.10. The van der Waals surface area contributed by atoms with Crippen LogP contribution >= 0.6 is 11.6 Å². The zero-order chi connectivity index (χ0) is 21.4. The average Bonchev–Trinajstić information content (AvgIpc) is 2.87. The molecule has 152 valence electrons.